The Hall–Kier alpha value is -2.51. The zero-order valence-corrected chi connectivity index (χ0v) is 15.1. The van der Waals surface area contributed by atoms with Crippen molar-refractivity contribution in [3.63, 3.8) is 0 Å². The molecule has 2 aromatic carbocycles. The van der Waals surface area contributed by atoms with Crippen molar-refractivity contribution in [2.45, 2.75) is 12.5 Å². The van der Waals surface area contributed by atoms with E-state index < -0.39 is 10.0 Å². The molecule has 0 atom stereocenters. The lowest BCUT2D eigenvalue weighted by Gasteiger charge is -2.37. The van der Waals surface area contributed by atoms with Crippen LogP contribution in [0, 0.1) is 0 Å². The van der Waals surface area contributed by atoms with Gasteiger partial charge in [0.2, 0.25) is 10.0 Å². The Morgan fingerprint density at radius 1 is 0.962 bits per heavy atom. The van der Waals surface area contributed by atoms with Gasteiger partial charge in [-0.2, -0.15) is 4.31 Å². The molecule has 4 rings (SSSR count). The number of hydrogen-bond acceptors (Lipinski definition) is 4. The molecule has 0 spiro atoms. The van der Waals surface area contributed by atoms with Crippen molar-refractivity contribution in [1.82, 2.24) is 19.3 Å². The van der Waals surface area contributed by atoms with E-state index in [1.807, 2.05) is 66.9 Å². The molecule has 134 valence electrons. The lowest BCUT2D eigenvalue weighted by Crippen LogP contribution is -2.51. The SMILES string of the molecule is O=S(=O)(CCc1ccccc1)N1CC(n2cc(-c3ccccc3)nn2)C1. The van der Waals surface area contributed by atoms with Gasteiger partial charge in [-0.25, -0.2) is 13.1 Å². The highest BCUT2D eigenvalue weighted by atomic mass is 32.2. The Labute approximate surface area is 153 Å². The van der Waals surface area contributed by atoms with Crippen LogP contribution in [0.4, 0.5) is 0 Å². The van der Waals surface area contributed by atoms with E-state index in [1.54, 1.807) is 4.68 Å². The molecule has 1 saturated heterocycles. The molecule has 2 heterocycles. The third-order valence-corrected chi connectivity index (χ3v) is 6.47. The van der Waals surface area contributed by atoms with E-state index in [9.17, 15) is 8.42 Å². The van der Waals surface area contributed by atoms with Gasteiger partial charge in [0.25, 0.3) is 0 Å². The zero-order chi connectivity index (χ0) is 18.0. The molecule has 0 unspecified atom stereocenters. The van der Waals surface area contributed by atoms with Crippen molar-refractivity contribution in [3.05, 3.63) is 72.4 Å². The van der Waals surface area contributed by atoms with Crippen LogP contribution in [0.15, 0.2) is 66.9 Å². The number of sulfonamides is 1. The largest absolute Gasteiger partial charge is 0.246 e. The average molecular weight is 368 g/mol. The molecule has 3 aromatic rings. The summed E-state index contributed by atoms with van der Waals surface area (Å²) in [5.74, 6) is 0.135. The smallest absolute Gasteiger partial charge is 0.214 e. The standard InChI is InChI=1S/C19H20N4O2S/c24-26(25,12-11-16-7-3-1-4-8-16)22-13-18(14-22)23-15-19(20-21-23)17-9-5-2-6-10-17/h1-10,15,18H,11-14H2. The second-order valence-electron chi connectivity index (χ2n) is 6.47. The summed E-state index contributed by atoms with van der Waals surface area (Å²) in [7, 11) is -3.24. The van der Waals surface area contributed by atoms with Gasteiger partial charge in [0.1, 0.15) is 5.69 Å². The van der Waals surface area contributed by atoms with Crippen molar-refractivity contribution in [2.75, 3.05) is 18.8 Å². The van der Waals surface area contributed by atoms with Crippen LogP contribution in [0.25, 0.3) is 11.3 Å². The Morgan fingerprint density at radius 2 is 1.62 bits per heavy atom. The molecule has 7 heteroatoms. The quantitative estimate of drug-likeness (QED) is 0.670. The molecule has 0 aliphatic carbocycles. The Bertz CT molecular complexity index is 965. The number of rotatable bonds is 6. The normalized spacial score (nSPS) is 15.7. The zero-order valence-electron chi connectivity index (χ0n) is 14.3. The number of aromatic nitrogens is 3. The molecule has 6 nitrogen and oxygen atoms in total. The Morgan fingerprint density at radius 3 is 2.31 bits per heavy atom. The predicted molar refractivity (Wildman–Crippen MR) is 100 cm³/mol. The fourth-order valence-electron chi connectivity index (χ4n) is 3.03. The van der Waals surface area contributed by atoms with Gasteiger partial charge in [0.05, 0.1) is 18.0 Å². The summed E-state index contributed by atoms with van der Waals surface area (Å²) in [6, 6.07) is 19.6. The van der Waals surface area contributed by atoms with Gasteiger partial charge in [-0.15, -0.1) is 5.10 Å². The summed E-state index contributed by atoms with van der Waals surface area (Å²) >= 11 is 0. The van der Waals surface area contributed by atoms with Crippen molar-refractivity contribution >= 4 is 10.0 Å². The molecule has 1 aliphatic heterocycles. The summed E-state index contributed by atoms with van der Waals surface area (Å²) in [4.78, 5) is 0. The van der Waals surface area contributed by atoms with E-state index in [4.69, 9.17) is 0 Å². The van der Waals surface area contributed by atoms with Crippen LogP contribution in [0.5, 0.6) is 0 Å². The molecule has 0 N–H and O–H groups in total. The van der Waals surface area contributed by atoms with Gasteiger partial charge < -0.3 is 0 Å². The minimum Gasteiger partial charge on any atom is -0.246 e. The first-order chi connectivity index (χ1) is 12.6. The van der Waals surface area contributed by atoms with Crippen molar-refractivity contribution in [1.29, 1.82) is 0 Å². The van der Waals surface area contributed by atoms with Gasteiger partial charge >= 0.3 is 0 Å². The van der Waals surface area contributed by atoms with Crippen molar-refractivity contribution < 1.29 is 8.42 Å². The van der Waals surface area contributed by atoms with Gasteiger partial charge in [-0.3, -0.25) is 0 Å². The molecular formula is C19H20N4O2S. The van der Waals surface area contributed by atoms with E-state index >= 15 is 0 Å². The van der Waals surface area contributed by atoms with E-state index in [0.29, 0.717) is 19.5 Å². The number of benzene rings is 2. The maximum absolute atomic E-state index is 12.5. The fraction of sp³-hybridized carbons (Fsp3) is 0.263. The van der Waals surface area contributed by atoms with E-state index in [-0.39, 0.29) is 11.8 Å². The van der Waals surface area contributed by atoms with Crippen LogP contribution < -0.4 is 0 Å². The minimum atomic E-state index is -3.24. The number of aryl methyl sites for hydroxylation is 1. The van der Waals surface area contributed by atoms with Crippen molar-refractivity contribution in [2.24, 2.45) is 0 Å². The summed E-state index contributed by atoms with van der Waals surface area (Å²) < 4.78 is 28.2. The molecular weight excluding hydrogens is 348 g/mol. The molecule has 0 radical (unpaired) electrons. The summed E-state index contributed by atoms with van der Waals surface area (Å²) in [5, 5.41) is 8.37. The monoisotopic (exact) mass is 368 g/mol. The highest BCUT2D eigenvalue weighted by Crippen LogP contribution is 2.26. The third kappa shape index (κ3) is 3.54. The van der Waals surface area contributed by atoms with Crippen LogP contribution >= 0.6 is 0 Å². The van der Waals surface area contributed by atoms with E-state index in [2.05, 4.69) is 10.3 Å². The molecule has 0 bridgehead atoms. The predicted octanol–water partition coefficient (Wildman–Crippen LogP) is 2.37. The van der Waals surface area contributed by atoms with E-state index in [0.717, 1.165) is 16.8 Å². The molecule has 0 amide bonds. The Balaban J connectivity index is 1.35. The van der Waals surface area contributed by atoms with Crippen LogP contribution in [-0.4, -0.2) is 46.6 Å². The highest BCUT2D eigenvalue weighted by Gasteiger charge is 2.37. The molecule has 26 heavy (non-hydrogen) atoms. The summed E-state index contributed by atoms with van der Waals surface area (Å²) in [6.45, 7) is 0.906. The first-order valence-electron chi connectivity index (χ1n) is 8.61. The molecule has 1 aliphatic rings. The van der Waals surface area contributed by atoms with Gasteiger partial charge in [-0.05, 0) is 12.0 Å². The van der Waals surface area contributed by atoms with Gasteiger partial charge in [0, 0.05) is 18.7 Å². The minimum absolute atomic E-state index is 0.0477. The molecule has 0 saturated carbocycles. The van der Waals surface area contributed by atoms with Gasteiger partial charge in [0.15, 0.2) is 0 Å². The maximum Gasteiger partial charge on any atom is 0.214 e. The second-order valence-corrected chi connectivity index (χ2v) is 8.56. The summed E-state index contributed by atoms with van der Waals surface area (Å²) in [6.07, 6.45) is 2.42. The Kier molecular flexibility index (Phi) is 4.57. The van der Waals surface area contributed by atoms with Gasteiger partial charge in [-0.1, -0.05) is 65.9 Å². The van der Waals surface area contributed by atoms with Crippen LogP contribution in [0.2, 0.25) is 0 Å². The first-order valence-corrected chi connectivity index (χ1v) is 10.2. The lowest BCUT2D eigenvalue weighted by atomic mass is 10.1. The second kappa shape index (κ2) is 7.01. The highest BCUT2D eigenvalue weighted by molar-refractivity contribution is 7.89. The number of hydrogen-bond donors (Lipinski definition) is 0. The topological polar surface area (TPSA) is 68.1 Å². The van der Waals surface area contributed by atoms with Crippen LogP contribution in [0.1, 0.15) is 11.6 Å². The fourth-order valence-corrected chi connectivity index (χ4v) is 4.58. The number of nitrogens with zero attached hydrogens (tertiary/aromatic N) is 4. The lowest BCUT2D eigenvalue weighted by molar-refractivity contribution is 0.189. The maximum atomic E-state index is 12.5. The third-order valence-electron chi connectivity index (χ3n) is 4.67. The first kappa shape index (κ1) is 16.9. The van der Waals surface area contributed by atoms with Crippen molar-refractivity contribution in [3.8, 4) is 11.3 Å². The van der Waals surface area contributed by atoms with Crippen LogP contribution in [0.3, 0.4) is 0 Å². The molecule has 1 aromatic heterocycles. The molecule has 1 fully saturated rings. The average Bonchev–Trinajstić information content (AvgIpc) is 3.10. The van der Waals surface area contributed by atoms with Crippen LogP contribution in [-0.2, 0) is 16.4 Å². The summed E-state index contributed by atoms with van der Waals surface area (Å²) in [5.41, 5.74) is 2.85. The van der Waals surface area contributed by atoms with E-state index in [1.165, 1.54) is 4.31 Å².